The largest absolute Gasteiger partial charge is 0.418 e. The molecule has 1 aromatic carbocycles. The second kappa shape index (κ2) is 5.56. The predicted octanol–water partition coefficient (Wildman–Crippen LogP) is 4.07. The van der Waals surface area contributed by atoms with Gasteiger partial charge in [-0.2, -0.15) is 26.3 Å². The van der Waals surface area contributed by atoms with Crippen LogP contribution in [0.25, 0.3) is 11.1 Å². The Morgan fingerprint density at radius 2 is 1.48 bits per heavy atom. The van der Waals surface area contributed by atoms with Gasteiger partial charge in [0.1, 0.15) is 11.5 Å². The maximum Gasteiger partial charge on any atom is 0.418 e. The average Bonchev–Trinajstić information content (AvgIpc) is 2.45. The fourth-order valence-corrected chi connectivity index (χ4v) is 1.91. The number of alkyl halides is 6. The predicted molar refractivity (Wildman–Crippen MR) is 70.7 cm³/mol. The van der Waals surface area contributed by atoms with Crippen molar-refractivity contribution in [2.75, 3.05) is 0 Å². The summed E-state index contributed by atoms with van der Waals surface area (Å²) in [5.74, 6) is -0.851. The van der Waals surface area contributed by atoms with E-state index in [1.54, 1.807) is 0 Å². The van der Waals surface area contributed by atoms with Crippen LogP contribution in [-0.4, -0.2) is 10.8 Å². The van der Waals surface area contributed by atoms with Gasteiger partial charge in [0.15, 0.2) is 0 Å². The van der Waals surface area contributed by atoms with Gasteiger partial charge >= 0.3 is 12.4 Å². The third kappa shape index (κ3) is 3.61. The van der Waals surface area contributed by atoms with E-state index in [4.69, 9.17) is 11.1 Å². The van der Waals surface area contributed by atoms with Gasteiger partial charge < -0.3 is 5.73 Å². The van der Waals surface area contributed by atoms with Crippen LogP contribution in [0, 0.1) is 5.41 Å². The second-order valence-electron chi connectivity index (χ2n) is 4.61. The molecule has 0 unspecified atom stereocenters. The number of nitrogens with two attached hydrogens (primary N) is 1. The third-order valence-electron chi connectivity index (χ3n) is 2.99. The number of benzene rings is 1. The molecule has 0 saturated heterocycles. The Bertz CT molecular complexity index is 732. The van der Waals surface area contributed by atoms with Crippen molar-refractivity contribution >= 4 is 5.84 Å². The van der Waals surface area contributed by atoms with E-state index in [1.807, 2.05) is 0 Å². The zero-order valence-electron chi connectivity index (χ0n) is 11.3. The summed E-state index contributed by atoms with van der Waals surface area (Å²) in [6, 6.07) is 4.33. The molecule has 0 spiro atoms. The topological polar surface area (TPSA) is 62.8 Å². The molecule has 0 aliphatic carbocycles. The minimum Gasteiger partial charge on any atom is -0.382 e. The van der Waals surface area contributed by atoms with Crippen LogP contribution in [0.4, 0.5) is 26.3 Å². The minimum absolute atomic E-state index is 0.0314. The molecular formula is C14H9F6N3. The van der Waals surface area contributed by atoms with E-state index in [1.165, 1.54) is 0 Å². The number of hydrogen-bond donors (Lipinski definition) is 2. The maximum absolute atomic E-state index is 13.0. The number of halogens is 6. The Kier molecular flexibility index (Phi) is 4.06. The molecule has 0 amide bonds. The number of amidine groups is 1. The molecule has 3 nitrogen and oxygen atoms in total. The summed E-state index contributed by atoms with van der Waals surface area (Å²) in [6.45, 7) is 0. The van der Waals surface area contributed by atoms with Crippen molar-refractivity contribution in [3.05, 3.63) is 53.3 Å². The Labute approximate surface area is 126 Å². The molecular weight excluding hydrogens is 324 g/mol. The lowest BCUT2D eigenvalue weighted by atomic mass is 10.0. The third-order valence-corrected chi connectivity index (χ3v) is 2.99. The molecule has 3 N–H and O–H groups in total. The molecule has 1 aromatic heterocycles. The van der Waals surface area contributed by atoms with Crippen LogP contribution in [0.2, 0.25) is 0 Å². The summed E-state index contributed by atoms with van der Waals surface area (Å²) in [7, 11) is 0. The molecule has 0 saturated carbocycles. The molecule has 0 aliphatic rings. The van der Waals surface area contributed by atoms with Gasteiger partial charge in [-0.05, 0) is 23.8 Å². The van der Waals surface area contributed by atoms with E-state index >= 15 is 0 Å². The summed E-state index contributed by atoms with van der Waals surface area (Å²) in [4.78, 5) is 3.50. The first-order chi connectivity index (χ1) is 10.5. The molecule has 0 bridgehead atoms. The lowest BCUT2D eigenvalue weighted by Crippen LogP contribution is -2.20. The quantitative estimate of drug-likeness (QED) is 0.494. The highest BCUT2D eigenvalue weighted by atomic mass is 19.4. The average molecular weight is 333 g/mol. The van der Waals surface area contributed by atoms with Crippen molar-refractivity contribution < 1.29 is 26.3 Å². The second-order valence-corrected chi connectivity index (χ2v) is 4.61. The number of nitrogen functional groups attached to an aromatic ring is 1. The molecule has 122 valence electrons. The number of pyridine rings is 1. The summed E-state index contributed by atoms with van der Waals surface area (Å²) >= 11 is 0. The Morgan fingerprint density at radius 1 is 0.913 bits per heavy atom. The molecule has 0 fully saturated rings. The first-order valence-corrected chi connectivity index (χ1v) is 6.09. The van der Waals surface area contributed by atoms with Gasteiger partial charge in [-0.1, -0.05) is 12.1 Å². The molecule has 0 atom stereocenters. The van der Waals surface area contributed by atoms with E-state index in [2.05, 4.69) is 4.98 Å². The van der Waals surface area contributed by atoms with Crippen molar-refractivity contribution in [3.63, 3.8) is 0 Å². The molecule has 0 aliphatic heterocycles. The van der Waals surface area contributed by atoms with E-state index < -0.39 is 35.0 Å². The van der Waals surface area contributed by atoms with E-state index in [0.717, 1.165) is 30.5 Å². The van der Waals surface area contributed by atoms with Crippen LogP contribution in [0.15, 0.2) is 36.5 Å². The SMILES string of the molecule is N=C(N)c1ncc(-c2ccc(C(F)(F)F)cc2)cc1C(F)(F)F. The molecule has 2 aromatic rings. The molecule has 1 heterocycles. The Hall–Kier alpha value is -2.58. The highest BCUT2D eigenvalue weighted by Gasteiger charge is 2.35. The summed E-state index contributed by atoms with van der Waals surface area (Å²) in [5, 5.41) is 7.12. The van der Waals surface area contributed by atoms with Crippen molar-refractivity contribution in [1.29, 1.82) is 5.41 Å². The number of nitrogens with one attached hydrogen (secondary N) is 1. The van der Waals surface area contributed by atoms with Crippen molar-refractivity contribution in [1.82, 2.24) is 4.98 Å². The highest BCUT2D eigenvalue weighted by Crippen LogP contribution is 2.35. The lowest BCUT2D eigenvalue weighted by molar-refractivity contribution is -0.138. The first-order valence-electron chi connectivity index (χ1n) is 6.09. The van der Waals surface area contributed by atoms with Crippen LogP contribution in [0.5, 0.6) is 0 Å². The fourth-order valence-electron chi connectivity index (χ4n) is 1.91. The Balaban J connectivity index is 2.51. The van der Waals surface area contributed by atoms with Crippen molar-refractivity contribution in [2.24, 2.45) is 5.73 Å². The highest BCUT2D eigenvalue weighted by molar-refractivity contribution is 5.95. The number of rotatable bonds is 2. The maximum atomic E-state index is 13.0. The monoisotopic (exact) mass is 333 g/mol. The summed E-state index contributed by atoms with van der Waals surface area (Å²) < 4.78 is 76.4. The van der Waals surface area contributed by atoms with Crippen LogP contribution >= 0.6 is 0 Å². The van der Waals surface area contributed by atoms with Gasteiger partial charge in [0, 0.05) is 11.8 Å². The van der Waals surface area contributed by atoms with Crippen molar-refractivity contribution in [3.8, 4) is 11.1 Å². The normalized spacial score (nSPS) is 12.3. The first kappa shape index (κ1) is 16.8. The van der Waals surface area contributed by atoms with E-state index in [0.29, 0.717) is 6.07 Å². The summed E-state index contributed by atoms with van der Waals surface area (Å²) in [5.41, 5.74) is 2.30. The standard InChI is InChI=1S/C14H9F6N3/c15-13(16,17)9-3-1-7(2-4-9)8-5-10(14(18,19)20)11(12(21)22)23-6-8/h1-6H,(H3,21,22). The smallest absolute Gasteiger partial charge is 0.382 e. The molecule has 9 heteroatoms. The van der Waals surface area contributed by atoms with Crippen LogP contribution in [0.1, 0.15) is 16.8 Å². The number of hydrogen-bond acceptors (Lipinski definition) is 2. The minimum atomic E-state index is -4.80. The van der Waals surface area contributed by atoms with E-state index in [9.17, 15) is 26.3 Å². The zero-order valence-corrected chi connectivity index (χ0v) is 11.3. The van der Waals surface area contributed by atoms with Gasteiger partial charge in [0.2, 0.25) is 0 Å². The fraction of sp³-hybridized carbons (Fsp3) is 0.143. The Morgan fingerprint density at radius 3 is 1.91 bits per heavy atom. The molecule has 23 heavy (non-hydrogen) atoms. The van der Waals surface area contributed by atoms with Crippen LogP contribution in [-0.2, 0) is 12.4 Å². The van der Waals surface area contributed by atoms with Crippen LogP contribution < -0.4 is 5.73 Å². The zero-order chi connectivity index (χ0) is 17.4. The van der Waals surface area contributed by atoms with Gasteiger partial charge in [-0.3, -0.25) is 10.4 Å². The summed E-state index contributed by atoms with van der Waals surface area (Å²) in [6.07, 6.45) is -8.31. The number of nitrogens with zero attached hydrogens (tertiary/aromatic N) is 1. The van der Waals surface area contributed by atoms with Gasteiger partial charge in [-0.15, -0.1) is 0 Å². The van der Waals surface area contributed by atoms with E-state index in [-0.39, 0.29) is 11.1 Å². The van der Waals surface area contributed by atoms with Gasteiger partial charge in [-0.25, -0.2) is 0 Å². The van der Waals surface area contributed by atoms with Crippen LogP contribution in [0.3, 0.4) is 0 Å². The number of aromatic nitrogens is 1. The van der Waals surface area contributed by atoms with Crippen molar-refractivity contribution in [2.45, 2.75) is 12.4 Å². The van der Waals surface area contributed by atoms with Gasteiger partial charge in [0.05, 0.1) is 11.1 Å². The van der Waals surface area contributed by atoms with Gasteiger partial charge in [0.25, 0.3) is 0 Å². The molecule has 2 rings (SSSR count). The molecule has 0 radical (unpaired) electrons. The lowest BCUT2D eigenvalue weighted by Gasteiger charge is -2.13.